The molecule has 0 aromatic carbocycles. The highest BCUT2D eigenvalue weighted by molar-refractivity contribution is 7.10. The van der Waals surface area contributed by atoms with Gasteiger partial charge in [0.25, 0.3) is 0 Å². The predicted octanol–water partition coefficient (Wildman–Crippen LogP) is 2.53. The molecule has 0 fully saturated rings. The maximum atomic E-state index is 10.5. The molecule has 3 aromatic rings. The Bertz CT molecular complexity index is 834. The molecule has 3 rings (SSSR count). The number of aromatic nitrogens is 2. The van der Waals surface area contributed by atoms with E-state index < -0.39 is 6.09 Å². The van der Waals surface area contributed by atoms with Crippen LogP contribution in [0.1, 0.15) is 10.4 Å². The van der Waals surface area contributed by atoms with Crippen molar-refractivity contribution in [2.75, 3.05) is 0 Å². The van der Waals surface area contributed by atoms with Gasteiger partial charge in [0.15, 0.2) is 0 Å². The zero-order valence-corrected chi connectivity index (χ0v) is 11.7. The number of carbonyl (C=O) groups is 1. The van der Waals surface area contributed by atoms with Crippen LogP contribution in [0.3, 0.4) is 0 Å². The Hall–Kier alpha value is -2.67. The summed E-state index contributed by atoms with van der Waals surface area (Å²) in [5.74, 6) is 0.0200. The summed E-state index contributed by atoms with van der Waals surface area (Å²) in [4.78, 5) is 19.0. The highest BCUT2D eigenvalue weighted by atomic mass is 32.1. The van der Waals surface area contributed by atoms with Gasteiger partial charge in [0.05, 0.1) is 12.1 Å². The second-order valence-corrected chi connectivity index (χ2v) is 5.46. The average molecular weight is 300 g/mol. The van der Waals surface area contributed by atoms with E-state index in [0.717, 1.165) is 15.8 Å². The normalized spacial score (nSPS) is 11.9. The Morgan fingerprint density at radius 3 is 3.14 bits per heavy atom. The molecule has 6 nitrogen and oxygen atoms in total. The highest BCUT2D eigenvalue weighted by Crippen LogP contribution is 2.20. The molecule has 3 aromatic heterocycles. The van der Waals surface area contributed by atoms with Crippen molar-refractivity contribution in [1.82, 2.24) is 9.55 Å². The maximum Gasteiger partial charge on any atom is 0.433 e. The van der Waals surface area contributed by atoms with Crippen LogP contribution in [0.2, 0.25) is 0 Å². The van der Waals surface area contributed by atoms with E-state index in [-0.39, 0.29) is 5.84 Å². The van der Waals surface area contributed by atoms with E-state index in [1.807, 2.05) is 36.0 Å². The van der Waals surface area contributed by atoms with Gasteiger partial charge in [0, 0.05) is 39.8 Å². The third-order valence-corrected chi connectivity index (χ3v) is 3.98. The van der Waals surface area contributed by atoms with Gasteiger partial charge in [-0.15, -0.1) is 11.3 Å². The Morgan fingerprint density at radius 2 is 2.33 bits per heavy atom. The minimum Gasteiger partial charge on any atom is -0.463 e. The first-order valence-electron chi connectivity index (χ1n) is 6.17. The number of amides is 1. The summed E-state index contributed by atoms with van der Waals surface area (Å²) in [6.07, 6.45) is 4.30. The quantitative estimate of drug-likeness (QED) is 0.574. The number of carboxylic acid groups (broad SMARTS) is 1. The van der Waals surface area contributed by atoms with Gasteiger partial charge in [0.1, 0.15) is 5.84 Å². The molecule has 3 N–H and O–H groups in total. The molecule has 0 aliphatic heterocycles. The highest BCUT2D eigenvalue weighted by Gasteiger charge is 2.07. The van der Waals surface area contributed by atoms with Crippen molar-refractivity contribution < 1.29 is 9.90 Å². The summed E-state index contributed by atoms with van der Waals surface area (Å²) in [5, 5.41) is 11.5. The van der Waals surface area contributed by atoms with Crippen molar-refractivity contribution in [3.8, 4) is 0 Å². The van der Waals surface area contributed by atoms with Crippen LogP contribution in [-0.2, 0) is 6.54 Å². The molecule has 0 aliphatic rings. The fourth-order valence-corrected chi connectivity index (χ4v) is 2.99. The van der Waals surface area contributed by atoms with Crippen LogP contribution in [0.15, 0.2) is 47.2 Å². The Morgan fingerprint density at radius 1 is 1.48 bits per heavy atom. The molecule has 7 heteroatoms. The van der Waals surface area contributed by atoms with Crippen molar-refractivity contribution >= 4 is 34.2 Å². The molecular weight excluding hydrogens is 288 g/mol. The minimum absolute atomic E-state index is 0.0200. The van der Waals surface area contributed by atoms with E-state index >= 15 is 0 Å². The molecule has 21 heavy (non-hydrogen) atoms. The SMILES string of the molecule is NC(=NC(=O)O)c1csc(Cn2ccc3cnccc32)c1. The fraction of sp³-hybridized carbons (Fsp3) is 0.0714. The molecule has 0 radical (unpaired) electrons. The first-order chi connectivity index (χ1) is 10.1. The molecule has 0 atom stereocenters. The number of fused-ring (bicyclic) bond motifs is 1. The summed E-state index contributed by atoms with van der Waals surface area (Å²) in [5.41, 5.74) is 7.37. The van der Waals surface area contributed by atoms with Gasteiger partial charge in [-0.05, 0) is 18.2 Å². The number of hydrogen-bond donors (Lipinski definition) is 2. The van der Waals surface area contributed by atoms with Crippen LogP contribution >= 0.6 is 11.3 Å². The van der Waals surface area contributed by atoms with Gasteiger partial charge >= 0.3 is 6.09 Å². The lowest BCUT2D eigenvalue weighted by atomic mass is 10.3. The molecule has 1 amide bonds. The lowest BCUT2D eigenvalue weighted by Crippen LogP contribution is -2.14. The van der Waals surface area contributed by atoms with E-state index in [0.29, 0.717) is 12.1 Å². The lowest BCUT2D eigenvalue weighted by molar-refractivity contribution is 0.205. The molecule has 0 saturated carbocycles. The predicted molar refractivity (Wildman–Crippen MR) is 81.9 cm³/mol. The summed E-state index contributed by atoms with van der Waals surface area (Å²) < 4.78 is 2.11. The van der Waals surface area contributed by atoms with Crippen molar-refractivity contribution in [2.24, 2.45) is 10.7 Å². The van der Waals surface area contributed by atoms with E-state index in [9.17, 15) is 4.79 Å². The van der Waals surface area contributed by atoms with Gasteiger partial charge < -0.3 is 15.4 Å². The Labute approximate surface area is 124 Å². The zero-order valence-electron chi connectivity index (χ0n) is 10.9. The Balaban J connectivity index is 1.86. The summed E-state index contributed by atoms with van der Waals surface area (Å²) in [7, 11) is 0. The van der Waals surface area contributed by atoms with E-state index in [1.165, 1.54) is 11.3 Å². The van der Waals surface area contributed by atoms with Gasteiger partial charge in [-0.1, -0.05) is 0 Å². The number of hydrogen-bond acceptors (Lipinski definition) is 3. The minimum atomic E-state index is -1.29. The number of nitrogens with zero attached hydrogens (tertiary/aromatic N) is 3. The zero-order chi connectivity index (χ0) is 14.8. The first kappa shape index (κ1) is 13.3. The van der Waals surface area contributed by atoms with Crippen LogP contribution in [0.5, 0.6) is 0 Å². The number of nitrogens with two attached hydrogens (primary N) is 1. The van der Waals surface area contributed by atoms with Crippen LogP contribution in [0.4, 0.5) is 4.79 Å². The van der Waals surface area contributed by atoms with Crippen molar-refractivity contribution in [1.29, 1.82) is 0 Å². The summed E-state index contributed by atoms with van der Waals surface area (Å²) >= 11 is 1.52. The molecule has 0 saturated heterocycles. The number of aliphatic imine (C=N–C) groups is 1. The van der Waals surface area contributed by atoms with Crippen LogP contribution < -0.4 is 5.73 Å². The number of amidine groups is 1. The molecule has 0 aliphatic carbocycles. The van der Waals surface area contributed by atoms with Gasteiger partial charge in [-0.2, -0.15) is 4.99 Å². The number of pyridine rings is 1. The summed E-state index contributed by atoms with van der Waals surface area (Å²) in [6, 6.07) is 5.83. The van der Waals surface area contributed by atoms with E-state index in [1.54, 1.807) is 6.20 Å². The fourth-order valence-electron chi connectivity index (χ4n) is 2.11. The number of rotatable bonds is 3. The molecule has 0 bridgehead atoms. The lowest BCUT2D eigenvalue weighted by Gasteiger charge is -2.02. The summed E-state index contributed by atoms with van der Waals surface area (Å²) in [6.45, 7) is 0.693. The van der Waals surface area contributed by atoms with E-state index in [4.69, 9.17) is 10.8 Å². The molecule has 0 spiro atoms. The third-order valence-electron chi connectivity index (χ3n) is 3.06. The first-order valence-corrected chi connectivity index (χ1v) is 7.05. The van der Waals surface area contributed by atoms with Crippen molar-refractivity contribution in [3.05, 3.63) is 52.6 Å². The van der Waals surface area contributed by atoms with Gasteiger partial charge in [-0.25, -0.2) is 4.79 Å². The van der Waals surface area contributed by atoms with E-state index in [2.05, 4.69) is 14.5 Å². The van der Waals surface area contributed by atoms with Crippen LogP contribution in [0, 0.1) is 0 Å². The van der Waals surface area contributed by atoms with Crippen molar-refractivity contribution in [3.63, 3.8) is 0 Å². The second-order valence-electron chi connectivity index (χ2n) is 4.46. The number of thiophene rings is 1. The third kappa shape index (κ3) is 2.77. The van der Waals surface area contributed by atoms with Crippen LogP contribution in [0.25, 0.3) is 10.9 Å². The van der Waals surface area contributed by atoms with Crippen molar-refractivity contribution in [2.45, 2.75) is 6.54 Å². The second kappa shape index (κ2) is 5.37. The van der Waals surface area contributed by atoms with Gasteiger partial charge in [0.2, 0.25) is 0 Å². The standard InChI is InChI=1S/C14H12N4O2S/c15-13(17-14(19)20)10-5-11(21-8-10)7-18-4-2-9-6-16-3-1-12(9)18/h1-6,8H,7H2,(H2,15,17)(H,19,20). The molecular formula is C14H12N4O2S. The monoisotopic (exact) mass is 300 g/mol. The molecule has 106 valence electrons. The Kier molecular flexibility index (Phi) is 3.41. The molecule has 0 unspecified atom stereocenters. The average Bonchev–Trinajstić information content (AvgIpc) is 3.06. The smallest absolute Gasteiger partial charge is 0.433 e. The maximum absolute atomic E-state index is 10.5. The topological polar surface area (TPSA) is 93.5 Å². The largest absolute Gasteiger partial charge is 0.463 e. The van der Waals surface area contributed by atoms with Gasteiger partial charge in [-0.3, -0.25) is 4.98 Å². The molecule has 3 heterocycles. The van der Waals surface area contributed by atoms with Crippen LogP contribution in [-0.4, -0.2) is 26.6 Å².